The van der Waals surface area contributed by atoms with Crippen LogP contribution in [0.25, 0.3) is 0 Å². The number of aromatic nitrogens is 1. The van der Waals surface area contributed by atoms with E-state index in [9.17, 15) is 18.0 Å². The molecule has 1 aliphatic heterocycles. The van der Waals surface area contributed by atoms with Gasteiger partial charge in [0.15, 0.2) is 0 Å². The van der Waals surface area contributed by atoms with E-state index in [1.807, 2.05) is 18.2 Å². The van der Waals surface area contributed by atoms with Crippen LogP contribution >= 0.6 is 11.3 Å². The lowest BCUT2D eigenvalue weighted by Crippen LogP contribution is -2.40. The average Bonchev–Trinajstić information content (AvgIpc) is 3.27. The van der Waals surface area contributed by atoms with Crippen molar-refractivity contribution in [3.8, 4) is 0 Å². The molecule has 2 amide bonds. The Morgan fingerprint density at radius 1 is 1.03 bits per heavy atom. The second kappa shape index (κ2) is 9.73. The zero-order chi connectivity index (χ0) is 22.6. The predicted octanol–water partition coefficient (Wildman–Crippen LogP) is 6.36. The zero-order valence-electron chi connectivity index (χ0n) is 17.4. The van der Waals surface area contributed by atoms with Gasteiger partial charge < -0.3 is 10.2 Å². The van der Waals surface area contributed by atoms with Crippen molar-refractivity contribution in [2.45, 2.75) is 37.8 Å². The van der Waals surface area contributed by atoms with Gasteiger partial charge in [0, 0.05) is 30.1 Å². The van der Waals surface area contributed by atoms with Crippen molar-refractivity contribution in [2.75, 3.05) is 18.4 Å². The fraction of sp³-hybridized carbons (Fsp3) is 0.333. The molecule has 0 saturated carbocycles. The summed E-state index contributed by atoms with van der Waals surface area (Å²) >= 11 is 1.68. The standard InChI is InChI=1S/C24H24F3N3OS/c25-24(26,27)19-7-10-20(11-8-19)29-23(31)30-14-12-18(13-15-30)22-28-21(16-32-22)9-6-17-4-2-1-3-5-17/h1-5,7-8,10-11,16,18H,6,9,12-15H2,(H,29,31). The van der Waals surface area contributed by atoms with E-state index in [4.69, 9.17) is 4.98 Å². The van der Waals surface area contributed by atoms with Crippen LogP contribution in [0.2, 0.25) is 0 Å². The normalized spacial score (nSPS) is 15.0. The lowest BCUT2D eigenvalue weighted by Gasteiger charge is -2.31. The van der Waals surface area contributed by atoms with E-state index in [0.717, 1.165) is 48.5 Å². The van der Waals surface area contributed by atoms with E-state index in [-0.39, 0.29) is 6.03 Å². The molecule has 1 aliphatic rings. The van der Waals surface area contributed by atoms with Crippen molar-refractivity contribution in [2.24, 2.45) is 0 Å². The zero-order valence-corrected chi connectivity index (χ0v) is 18.3. The van der Waals surface area contributed by atoms with Crippen molar-refractivity contribution in [3.63, 3.8) is 0 Å². The molecular weight excluding hydrogens is 435 g/mol. The number of urea groups is 1. The van der Waals surface area contributed by atoms with Gasteiger partial charge in [0.05, 0.1) is 16.3 Å². The molecule has 2 heterocycles. The minimum Gasteiger partial charge on any atom is -0.324 e. The molecule has 0 unspecified atom stereocenters. The number of piperidine rings is 1. The van der Waals surface area contributed by atoms with Crippen molar-refractivity contribution in [3.05, 3.63) is 81.8 Å². The molecule has 4 rings (SSSR count). The Bertz CT molecular complexity index is 1030. The number of carbonyl (C=O) groups is 1. The number of rotatable bonds is 5. The number of nitrogens with one attached hydrogen (secondary N) is 1. The first-order valence-electron chi connectivity index (χ1n) is 10.6. The van der Waals surface area contributed by atoms with Crippen LogP contribution in [0, 0.1) is 0 Å². The summed E-state index contributed by atoms with van der Waals surface area (Å²) in [4.78, 5) is 19.0. The summed E-state index contributed by atoms with van der Waals surface area (Å²) in [6.07, 6.45) is -0.860. The van der Waals surface area contributed by atoms with Crippen LogP contribution in [-0.2, 0) is 19.0 Å². The Labute approximate surface area is 189 Å². The number of aryl methyl sites for hydroxylation is 2. The summed E-state index contributed by atoms with van der Waals surface area (Å²) < 4.78 is 38.0. The highest BCUT2D eigenvalue weighted by atomic mass is 32.1. The minimum atomic E-state index is -4.39. The first-order chi connectivity index (χ1) is 15.4. The van der Waals surface area contributed by atoms with Crippen LogP contribution in [0.15, 0.2) is 60.0 Å². The average molecular weight is 460 g/mol. The van der Waals surface area contributed by atoms with Crippen LogP contribution in [-0.4, -0.2) is 29.0 Å². The second-order valence-corrected chi connectivity index (χ2v) is 8.82. The number of hydrogen-bond donors (Lipinski definition) is 1. The number of likely N-dealkylation sites (tertiary alicyclic amines) is 1. The molecule has 8 heteroatoms. The first-order valence-corrected chi connectivity index (χ1v) is 11.5. The summed E-state index contributed by atoms with van der Waals surface area (Å²) in [5.74, 6) is 0.334. The van der Waals surface area contributed by atoms with Crippen LogP contribution in [0.1, 0.15) is 40.6 Å². The molecule has 0 aliphatic carbocycles. The summed E-state index contributed by atoms with van der Waals surface area (Å²) in [5.41, 5.74) is 2.03. The number of alkyl halides is 3. The third kappa shape index (κ3) is 5.68. The van der Waals surface area contributed by atoms with Gasteiger partial charge in [0.25, 0.3) is 0 Å². The summed E-state index contributed by atoms with van der Waals surface area (Å²) in [6.45, 7) is 1.19. The van der Waals surface area contributed by atoms with Gasteiger partial charge in [-0.25, -0.2) is 9.78 Å². The number of nitrogens with zero attached hydrogens (tertiary/aromatic N) is 2. The van der Waals surface area contributed by atoms with E-state index in [2.05, 4.69) is 22.8 Å². The number of hydrogen-bond acceptors (Lipinski definition) is 3. The number of amides is 2. The molecule has 1 fully saturated rings. The van der Waals surface area contributed by atoms with Gasteiger partial charge in [-0.15, -0.1) is 11.3 Å². The van der Waals surface area contributed by atoms with Crippen molar-refractivity contribution < 1.29 is 18.0 Å². The lowest BCUT2D eigenvalue weighted by molar-refractivity contribution is -0.137. The van der Waals surface area contributed by atoms with Gasteiger partial charge in [-0.05, 0) is 55.5 Å². The Kier molecular flexibility index (Phi) is 6.79. The molecule has 32 heavy (non-hydrogen) atoms. The molecule has 4 nitrogen and oxygen atoms in total. The molecule has 2 aromatic carbocycles. The van der Waals surface area contributed by atoms with Crippen molar-refractivity contribution >= 4 is 23.1 Å². The topological polar surface area (TPSA) is 45.2 Å². The molecule has 0 radical (unpaired) electrons. The number of thiazole rings is 1. The fourth-order valence-corrected chi connectivity index (χ4v) is 4.84. The molecular formula is C24H24F3N3OS. The van der Waals surface area contributed by atoms with Crippen LogP contribution < -0.4 is 5.32 Å². The number of carbonyl (C=O) groups excluding carboxylic acids is 1. The number of halogens is 3. The monoisotopic (exact) mass is 459 g/mol. The number of anilines is 1. The van der Waals surface area contributed by atoms with E-state index >= 15 is 0 Å². The van der Waals surface area contributed by atoms with Gasteiger partial charge in [0.2, 0.25) is 0 Å². The van der Waals surface area contributed by atoms with E-state index < -0.39 is 11.7 Å². The Morgan fingerprint density at radius 2 is 1.72 bits per heavy atom. The molecule has 1 aromatic heterocycles. The summed E-state index contributed by atoms with van der Waals surface area (Å²) in [6, 6.07) is 14.6. The molecule has 0 bridgehead atoms. The van der Waals surface area contributed by atoms with Gasteiger partial charge in [-0.3, -0.25) is 0 Å². The highest BCUT2D eigenvalue weighted by Crippen LogP contribution is 2.32. The third-order valence-corrected chi connectivity index (χ3v) is 6.73. The Morgan fingerprint density at radius 3 is 2.38 bits per heavy atom. The van der Waals surface area contributed by atoms with Crippen LogP contribution in [0.3, 0.4) is 0 Å². The van der Waals surface area contributed by atoms with Crippen molar-refractivity contribution in [1.29, 1.82) is 0 Å². The maximum atomic E-state index is 12.7. The third-order valence-electron chi connectivity index (χ3n) is 5.68. The van der Waals surface area contributed by atoms with Crippen molar-refractivity contribution in [1.82, 2.24) is 9.88 Å². The molecule has 3 aromatic rings. The fourth-order valence-electron chi connectivity index (χ4n) is 3.82. The second-order valence-electron chi connectivity index (χ2n) is 7.93. The smallest absolute Gasteiger partial charge is 0.324 e. The molecule has 0 spiro atoms. The molecule has 168 valence electrons. The Hall–Kier alpha value is -2.87. The Balaban J connectivity index is 1.26. The first kappa shape index (κ1) is 22.3. The van der Waals surface area contributed by atoms with Gasteiger partial charge in [-0.1, -0.05) is 30.3 Å². The van der Waals surface area contributed by atoms with Gasteiger partial charge in [-0.2, -0.15) is 13.2 Å². The summed E-state index contributed by atoms with van der Waals surface area (Å²) in [7, 11) is 0. The molecule has 0 atom stereocenters. The van der Waals surface area contributed by atoms with Crippen LogP contribution in [0.4, 0.5) is 23.7 Å². The highest BCUT2D eigenvalue weighted by molar-refractivity contribution is 7.09. The highest BCUT2D eigenvalue weighted by Gasteiger charge is 2.30. The van der Waals surface area contributed by atoms with Gasteiger partial charge in [0.1, 0.15) is 0 Å². The van der Waals surface area contributed by atoms with Gasteiger partial charge >= 0.3 is 12.2 Å². The molecule has 1 saturated heterocycles. The largest absolute Gasteiger partial charge is 0.416 e. The SMILES string of the molecule is O=C(Nc1ccc(C(F)(F)F)cc1)N1CCC(c2nc(CCc3ccccc3)cs2)CC1. The quantitative estimate of drug-likeness (QED) is 0.483. The molecule has 1 N–H and O–H groups in total. The lowest BCUT2D eigenvalue weighted by atomic mass is 9.98. The maximum absolute atomic E-state index is 12.7. The van der Waals surface area contributed by atoms with E-state index in [1.54, 1.807) is 16.2 Å². The maximum Gasteiger partial charge on any atom is 0.416 e. The predicted molar refractivity (Wildman–Crippen MR) is 120 cm³/mol. The van der Waals surface area contributed by atoms with E-state index in [0.29, 0.717) is 24.7 Å². The minimum absolute atomic E-state index is 0.286. The van der Waals surface area contributed by atoms with E-state index in [1.165, 1.54) is 17.7 Å². The number of benzene rings is 2. The van der Waals surface area contributed by atoms with Crippen LogP contribution in [0.5, 0.6) is 0 Å². The summed E-state index contributed by atoms with van der Waals surface area (Å²) in [5, 5.41) is 5.94.